The molecule has 6 heteroatoms. The van der Waals surface area contributed by atoms with Gasteiger partial charge in [0.05, 0.1) is 24.4 Å². The highest BCUT2D eigenvalue weighted by molar-refractivity contribution is 5.94. The zero-order valence-corrected chi connectivity index (χ0v) is 15.5. The molecular formula is C19H29N3O3. The molecule has 2 atom stereocenters. The Kier molecular flexibility index (Phi) is 5.91. The molecule has 138 valence electrons. The molecule has 2 aliphatic heterocycles. The maximum atomic E-state index is 12.6. The van der Waals surface area contributed by atoms with Gasteiger partial charge in [0.2, 0.25) is 0 Å². The molecule has 0 N–H and O–H groups in total. The second-order valence-electron chi connectivity index (χ2n) is 7.31. The Labute approximate surface area is 150 Å². The van der Waals surface area contributed by atoms with Crippen LogP contribution >= 0.6 is 0 Å². The summed E-state index contributed by atoms with van der Waals surface area (Å²) < 4.78 is 11.1. The van der Waals surface area contributed by atoms with E-state index in [0.717, 1.165) is 44.8 Å². The summed E-state index contributed by atoms with van der Waals surface area (Å²) in [6, 6.07) is 3.84. The molecule has 0 radical (unpaired) electrons. The van der Waals surface area contributed by atoms with Gasteiger partial charge in [-0.25, -0.2) is 4.98 Å². The van der Waals surface area contributed by atoms with Crippen molar-refractivity contribution in [3.05, 3.63) is 23.9 Å². The minimum absolute atomic E-state index is 0.0483. The van der Waals surface area contributed by atoms with E-state index in [9.17, 15) is 4.79 Å². The minimum Gasteiger partial charge on any atom is -0.382 e. The van der Waals surface area contributed by atoms with Crippen LogP contribution in [-0.2, 0) is 9.47 Å². The third-order valence-electron chi connectivity index (χ3n) is 5.07. The van der Waals surface area contributed by atoms with Crippen LogP contribution in [0.4, 0.5) is 5.82 Å². The summed E-state index contributed by atoms with van der Waals surface area (Å²) in [5.74, 6) is 1.70. The van der Waals surface area contributed by atoms with Gasteiger partial charge >= 0.3 is 0 Å². The fourth-order valence-corrected chi connectivity index (χ4v) is 3.60. The van der Waals surface area contributed by atoms with Gasteiger partial charge in [-0.15, -0.1) is 0 Å². The van der Waals surface area contributed by atoms with E-state index in [-0.39, 0.29) is 18.1 Å². The maximum Gasteiger partial charge on any atom is 0.255 e. The van der Waals surface area contributed by atoms with Crippen molar-refractivity contribution in [2.75, 3.05) is 44.8 Å². The van der Waals surface area contributed by atoms with Crippen molar-refractivity contribution in [1.29, 1.82) is 0 Å². The lowest BCUT2D eigenvalue weighted by Crippen LogP contribution is -2.48. The fourth-order valence-electron chi connectivity index (χ4n) is 3.60. The number of ether oxygens (including phenoxy) is 2. The number of carbonyl (C=O) groups excluding carboxylic acids is 1. The van der Waals surface area contributed by atoms with Gasteiger partial charge in [0.15, 0.2) is 0 Å². The summed E-state index contributed by atoms with van der Waals surface area (Å²) in [7, 11) is 1.69. The molecular weight excluding hydrogens is 318 g/mol. The molecule has 2 aliphatic rings. The topological polar surface area (TPSA) is 54.9 Å². The van der Waals surface area contributed by atoms with Crippen molar-refractivity contribution < 1.29 is 14.3 Å². The van der Waals surface area contributed by atoms with Gasteiger partial charge in [0, 0.05) is 39.5 Å². The van der Waals surface area contributed by atoms with Crippen LogP contribution in [0.3, 0.4) is 0 Å². The molecule has 1 aromatic heterocycles. The predicted molar refractivity (Wildman–Crippen MR) is 97.0 cm³/mol. The smallest absolute Gasteiger partial charge is 0.255 e. The van der Waals surface area contributed by atoms with Crippen LogP contribution in [0.25, 0.3) is 0 Å². The lowest BCUT2D eigenvalue weighted by atomic mass is 9.99. The van der Waals surface area contributed by atoms with Crippen LogP contribution in [0.1, 0.15) is 37.0 Å². The highest BCUT2D eigenvalue weighted by Gasteiger charge is 2.26. The molecule has 3 heterocycles. The summed E-state index contributed by atoms with van der Waals surface area (Å²) >= 11 is 0. The third-order valence-corrected chi connectivity index (χ3v) is 5.07. The predicted octanol–water partition coefficient (Wildman–Crippen LogP) is 2.19. The Balaban J connectivity index is 1.64. The number of hydrogen-bond donors (Lipinski definition) is 0. The highest BCUT2D eigenvalue weighted by Crippen LogP contribution is 2.21. The van der Waals surface area contributed by atoms with Crippen LogP contribution < -0.4 is 4.90 Å². The first-order chi connectivity index (χ1) is 12.1. The van der Waals surface area contributed by atoms with Gasteiger partial charge in [-0.1, -0.05) is 6.92 Å². The van der Waals surface area contributed by atoms with Crippen molar-refractivity contribution >= 4 is 11.7 Å². The number of rotatable bonds is 4. The molecule has 6 nitrogen and oxygen atoms in total. The monoisotopic (exact) mass is 347 g/mol. The zero-order chi connectivity index (χ0) is 17.8. The largest absolute Gasteiger partial charge is 0.382 e. The number of hydrogen-bond acceptors (Lipinski definition) is 5. The van der Waals surface area contributed by atoms with Gasteiger partial charge in [0.25, 0.3) is 5.91 Å². The Bertz CT molecular complexity index is 570. The van der Waals surface area contributed by atoms with Gasteiger partial charge in [-0.3, -0.25) is 4.79 Å². The molecule has 0 spiro atoms. The lowest BCUT2D eigenvalue weighted by molar-refractivity contribution is -0.0512. The Hall–Kier alpha value is -1.66. The molecule has 2 unspecified atom stereocenters. The molecule has 0 aliphatic carbocycles. The average molecular weight is 347 g/mol. The number of morpholine rings is 1. The van der Waals surface area contributed by atoms with Gasteiger partial charge in [-0.05, 0) is 37.8 Å². The van der Waals surface area contributed by atoms with Crippen LogP contribution in [0.5, 0.6) is 0 Å². The standard InChI is InChI=1S/C19H29N3O3/c1-14-6-8-21(9-7-14)19(23)16-4-5-18(20-10-16)22-11-15(2)25-17(12-22)13-24-3/h4-5,10,14-15,17H,6-9,11-13H2,1-3H3. The number of nitrogens with zero attached hydrogens (tertiary/aromatic N) is 3. The molecule has 0 bridgehead atoms. The second kappa shape index (κ2) is 8.15. The van der Waals surface area contributed by atoms with Crippen molar-refractivity contribution in [3.63, 3.8) is 0 Å². The van der Waals surface area contributed by atoms with Crippen LogP contribution in [0.15, 0.2) is 18.3 Å². The number of aromatic nitrogens is 1. The zero-order valence-electron chi connectivity index (χ0n) is 15.5. The number of methoxy groups -OCH3 is 1. The van der Waals surface area contributed by atoms with Crippen molar-refractivity contribution in [2.24, 2.45) is 5.92 Å². The summed E-state index contributed by atoms with van der Waals surface area (Å²) in [6.45, 7) is 8.13. The lowest BCUT2D eigenvalue weighted by Gasteiger charge is -2.37. The Morgan fingerprint density at radius 3 is 2.68 bits per heavy atom. The van der Waals surface area contributed by atoms with E-state index in [2.05, 4.69) is 23.7 Å². The summed E-state index contributed by atoms with van der Waals surface area (Å²) in [5, 5.41) is 0. The fraction of sp³-hybridized carbons (Fsp3) is 0.684. The maximum absolute atomic E-state index is 12.6. The van der Waals surface area contributed by atoms with Crippen molar-refractivity contribution in [1.82, 2.24) is 9.88 Å². The summed E-state index contributed by atoms with van der Waals surface area (Å²) in [5.41, 5.74) is 0.674. The number of pyridine rings is 1. The van der Waals surface area contributed by atoms with Gasteiger partial charge in [0.1, 0.15) is 5.82 Å². The minimum atomic E-state index is 0.0483. The Morgan fingerprint density at radius 2 is 2.04 bits per heavy atom. The summed E-state index contributed by atoms with van der Waals surface area (Å²) in [6.07, 6.45) is 4.06. The van der Waals surface area contributed by atoms with Crippen LogP contribution in [0.2, 0.25) is 0 Å². The second-order valence-corrected chi connectivity index (χ2v) is 7.31. The normalized spacial score (nSPS) is 25.2. The first-order valence-electron chi connectivity index (χ1n) is 9.21. The summed E-state index contributed by atoms with van der Waals surface area (Å²) in [4.78, 5) is 21.3. The van der Waals surface area contributed by atoms with E-state index < -0.39 is 0 Å². The molecule has 1 aromatic rings. The first-order valence-corrected chi connectivity index (χ1v) is 9.21. The molecule has 1 amide bonds. The first kappa shape index (κ1) is 18.1. The van der Waals surface area contributed by atoms with Crippen molar-refractivity contribution in [2.45, 2.75) is 38.9 Å². The number of carbonyl (C=O) groups is 1. The van der Waals surface area contributed by atoms with Gasteiger partial charge in [-0.2, -0.15) is 0 Å². The van der Waals surface area contributed by atoms with Crippen LogP contribution in [0, 0.1) is 5.92 Å². The third kappa shape index (κ3) is 4.50. The van der Waals surface area contributed by atoms with E-state index in [0.29, 0.717) is 18.1 Å². The number of piperidine rings is 1. The molecule has 2 fully saturated rings. The van der Waals surface area contributed by atoms with Crippen LogP contribution in [-0.4, -0.2) is 67.9 Å². The van der Waals surface area contributed by atoms with E-state index in [1.165, 1.54) is 0 Å². The molecule has 25 heavy (non-hydrogen) atoms. The van der Waals surface area contributed by atoms with Gasteiger partial charge < -0.3 is 19.3 Å². The average Bonchev–Trinajstić information content (AvgIpc) is 2.62. The molecule has 3 rings (SSSR count). The quantitative estimate of drug-likeness (QED) is 0.836. The highest BCUT2D eigenvalue weighted by atomic mass is 16.5. The van der Waals surface area contributed by atoms with Crippen molar-refractivity contribution in [3.8, 4) is 0 Å². The number of likely N-dealkylation sites (tertiary alicyclic amines) is 1. The molecule has 0 aromatic carbocycles. The van der Waals surface area contributed by atoms with E-state index in [1.807, 2.05) is 17.0 Å². The van der Waals surface area contributed by atoms with E-state index >= 15 is 0 Å². The number of amides is 1. The SMILES string of the molecule is COCC1CN(c2ccc(C(=O)N3CCC(C)CC3)cn2)CC(C)O1. The van der Waals surface area contributed by atoms with E-state index in [4.69, 9.17) is 9.47 Å². The molecule has 0 saturated carbocycles. The molecule has 2 saturated heterocycles. The van der Waals surface area contributed by atoms with E-state index in [1.54, 1.807) is 13.3 Å². The Morgan fingerprint density at radius 1 is 1.28 bits per heavy atom. The number of anilines is 1.